The van der Waals surface area contributed by atoms with Crippen molar-refractivity contribution in [2.45, 2.75) is 0 Å². The number of aromatic nitrogens is 1. The van der Waals surface area contributed by atoms with Gasteiger partial charge in [-0.3, -0.25) is 14.5 Å². The minimum absolute atomic E-state index is 0.124. The van der Waals surface area contributed by atoms with Gasteiger partial charge in [-0.1, -0.05) is 28.1 Å². The number of para-hydroxylation sites is 2. The molecule has 0 saturated heterocycles. The second-order valence-corrected chi connectivity index (χ2v) is 5.06. The van der Waals surface area contributed by atoms with Gasteiger partial charge in [0.25, 0.3) is 5.91 Å². The zero-order valence-corrected chi connectivity index (χ0v) is 12.3. The number of nitrogens with zero attached hydrogens (tertiary/aromatic N) is 2. The number of alkyl halides is 1. The summed E-state index contributed by atoms with van der Waals surface area (Å²) in [5, 5.41) is 3.03. The third kappa shape index (κ3) is 1.84. The van der Waals surface area contributed by atoms with Crippen molar-refractivity contribution in [1.82, 2.24) is 4.57 Å². The van der Waals surface area contributed by atoms with Crippen LogP contribution in [0.2, 0.25) is 0 Å². The highest BCUT2D eigenvalue weighted by Crippen LogP contribution is 2.38. The number of anilines is 3. The second-order valence-electron chi connectivity index (χ2n) is 4.49. The average Bonchev–Trinajstić information content (AvgIpc) is 2.76. The third-order valence-electron chi connectivity index (χ3n) is 3.26. The van der Waals surface area contributed by atoms with Crippen molar-refractivity contribution in [3.63, 3.8) is 0 Å². The van der Waals surface area contributed by atoms with Gasteiger partial charge in [-0.25, -0.2) is 0 Å². The van der Waals surface area contributed by atoms with Crippen LogP contribution in [0.3, 0.4) is 0 Å². The quantitative estimate of drug-likeness (QED) is 0.815. The Balaban J connectivity index is 2.29. The van der Waals surface area contributed by atoms with E-state index >= 15 is 0 Å². The molecule has 1 aliphatic rings. The molecule has 1 aromatic carbocycles. The summed E-state index contributed by atoms with van der Waals surface area (Å²) in [5.74, 6) is -0.341. The first-order valence-electron chi connectivity index (χ1n) is 6.08. The number of carbonyl (C=O) groups is 2. The van der Waals surface area contributed by atoms with E-state index in [4.69, 9.17) is 0 Å². The number of halogens is 1. The molecule has 0 unspecified atom stereocenters. The second kappa shape index (κ2) is 4.79. The summed E-state index contributed by atoms with van der Waals surface area (Å²) in [6.07, 6.45) is 1.77. The van der Waals surface area contributed by atoms with Crippen molar-refractivity contribution in [3.05, 3.63) is 42.2 Å². The SMILES string of the molecule is Cn1ccc2c1C(=O)Nc1ccccc1N2C(=O)CBr. The van der Waals surface area contributed by atoms with Crippen LogP contribution in [0.1, 0.15) is 10.5 Å². The van der Waals surface area contributed by atoms with Crippen LogP contribution in [0.4, 0.5) is 17.1 Å². The zero-order valence-electron chi connectivity index (χ0n) is 10.8. The summed E-state index contributed by atoms with van der Waals surface area (Å²) in [5.41, 5.74) is 2.37. The largest absolute Gasteiger partial charge is 0.345 e. The minimum Gasteiger partial charge on any atom is -0.345 e. The van der Waals surface area contributed by atoms with Crippen molar-refractivity contribution in [1.29, 1.82) is 0 Å². The molecule has 3 rings (SSSR count). The lowest BCUT2D eigenvalue weighted by Crippen LogP contribution is -2.27. The number of benzene rings is 1. The van der Waals surface area contributed by atoms with Gasteiger partial charge in [-0.05, 0) is 18.2 Å². The van der Waals surface area contributed by atoms with E-state index in [0.29, 0.717) is 22.8 Å². The van der Waals surface area contributed by atoms with Crippen LogP contribution in [0.5, 0.6) is 0 Å². The Labute approximate surface area is 124 Å². The third-order valence-corrected chi connectivity index (χ3v) is 3.74. The van der Waals surface area contributed by atoms with E-state index in [2.05, 4.69) is 21.2 Å². The lowest BCUT2D eigenvalue weighted by atomic mass is 10.2. The summed E-state index contributed by atoms with van der Waals surface area (Å²) >= 11 is 3.20. The Kier molecular flexibility index (Phi) is 3.10. The molecule has 1 aliphatic heterocycles. The fourth-order valence-electron chi connectivity index (χ4n) is 2.39. The van der Waals surface area contributed by atoms with E-state index in [1.807, 2.05) is 18.2 Å². The van der Waals surface area contributed by atoms with Gasteiger partial charge >= 0.3 is 0 Å². The van der Waals surface area contributed by atoms with Gasteiger partial charge in [0.1, 0.15) is 5.69 Å². The van der Waals surface area contributed by atoms with Gasteiger partial charge in [0.15, 0.2) is 0 Å². The molecule has 102 valence electrons. The summed E-state index contributed by atoms with van der Waals surface area (Å²) < 4.78 is 1.71. The fraction of sp³-hybridized carbons (Fsp3) is 0.143. The van der Waals surface area contributed by atoms with Crippen LogP contribution < -0.4 is 10.2 Å². The molecular weight excluding hydrogens is 322 g/mol. The van der Waals surface area contributed by atoms with Gasteiger partial charge in [0, 0.05) is 13.2 Å². The van der Waals surface area contributed by atoms with Gasteiger partial charge < -0.3 is 9.88 Å². The number of hydrogen-bond acceptors (Lipinski definition) is 2. The van der Waals surface area contributed by atoms with E-state index in [1.54, 1.807) is 34.8 Å². The van der Waals surface area contributed by atoms with Gasteiger partial charge in [-0.15, -0.1) is 0 Å². The van der Waals surface area contributed by atoms with Crippen LogP contribution in [-0.4, -0.2) is 21.7 Å². The van der Waals surface area contributed by atoms with Gasteiger partial charge in [0.05, 0.1) is 22.4 Å². The molecule has 0 aliphatic carbocycles. The number of aryl methyl sites for hydroxylation is 1. The molecule has 0 bridgehead atoms. The molecule has 0 radical (unpaired) electrons. The number of nitrogens with one attached hydrogen (secondary N) is 1. The molecule has 0 fully saturated rings. The highest BCUT2D eigenvalue weighted by atomic mass is 79.9. The van der Waals surface area contributed by atoms with Crippen molar-refractivity contribution in [3.8, 4) is 0 Å². The Morgan fingerprint density at radius 2 is 2.00 bits per heavy atom. The Hall–Kier alpha value is -2.08. The lowest BCUT2D eigenvalue weighted by Gasteiger charge is -2.21. The van der Waals surface area contributed by atoms with E-state index < -0.39 is 0 Å². The normalized spacial score (nSPS) is 13.3. The maximum absolute atomic E-state index is 12.3. The van der Waals surface area contributed by atoms with E-state index in [1.165, 1.54) is 0 Å². The highest BCUT2D eigenvalue weighted by molar-refractivity contribution is 9.09. The monoisotopic (exact) mass is 333 g/mol. The van der Waals surface area contributed by atoms with Crippen LogP contribution >= 0.6 is 15.9 Å². The molecule has 1 N–H and O–H groups in total. The molecule has 1 aromatic heterocycles. The number of fused-ring (bicyclic) bond motifs is 2. The molecule has 0 atom stereocenters. The topological polar surface area (TPSA) is 54.3 Å². The van der Waals surface area contributed by atoms with E-state index in [0.717, 1.165) is 0 Å². The van der Waals surface area contributed by atoms with Crippen molar-refractivity contribution < 1.29 is 9.59 Å². The molecule has 2 amide bonds. The number of carbonyl (C=O) groups excluding carboxylic acids is 2. The average molecular weight is 334 g/mol. The lowest BCUT2D eigenvalue weighted by molar-refractivity contribution is -0.115. The maximum Gasteiger partial charge on any atom is 0.274 e. The minimum atomic E-state index is -0.218. The van der Waals surface area contributed by atoms with E-state index in [-0.39, 0.29) is 17.1 Å². The molecule has 2 aromatic rings. The van der Waals surface area contributed by atoms with Crippen molar-refractivity contribution in [2.75, 3.05) is 15.5 Å². The standard InChI is InChI=1S/C14H12BrN3O2/c1-17-7-6-11-13(17)14(20)16-9-4-2-3-5-10(9)18(11)12(19)8-15/h2-7H,8H2,1H3,(H,16,20). The van der Waals surface area contributed by atoms with Crippen molar-refractivity contribution >= 4 is 44.8 Å². The zero-order chi connectivity index (χ0) is 14.3. The predicted molar refractivity (Wildman–Crippen MR) is 80.7 cm³/mol. The van der Waals surface area contributed by atoms with Crippen LogP contribution in [-0.2, 0) is 11.8 Å². The van der Waals surface area contributed by atoms with Crippen molar-refractivity contribution in [2.24, 2.45) is 7.05 Å². The Morgan fingerprint density at radius 3 is 2.75 bits per heavy atom. The Morgan fingerprint density at radius 1 is 1.25 bits per heavy atom. The molecule has 6 heteroatoms. The van der Waals surface area contributed by atoms with Gasteiger partial charge in [-0.2, -0.15) is 0 Å². The van der Waals surface area contributed by atoms with Crippen LogP contribution in [0, 0.1) is 0 Å². The van der Waals surface area contributed by atoms with E-state index in [9.17, 15) is 9.59 Å². The fourth-order valence-corrected chi connectivity index (χ4v) is 2.64. The summed E-state index contributed by atoms with van der Waals surface area (Å²) in [4.78, 5) is 26.2. The first-order chi connectivity index (χ1) is 9.63. The number of amides is 2. The number of rotatable bonds is 1. The summed E-state index contributed by atoms with van der Waals surface area (Å²) in [7, 11) is 1.78. The predicted octanol–water partition coefficient (Wildman–Crippen LogP) is 2.65. The molecule has 20 heavy (non-hydrogen) atoms. The maximum atomic E-state index is 12.3. The molecular formula is C14H12BrN3O2. The number of hydrogen-bond donors (Lipinski definition) is 1. The molecule has 2 heterocycles. The smallest absolute Gasteiger partial charge is 0.274 e. The van der Waals surface area contributed by atoms with Gasteiger partial charge in [0.2, 0.25) is 5.91 Å². The molecule has 5 nitrogen and oxygen atoms in total. The summed E-state index contributed by atoms with van der Waals surface area (Å²) in [6.45, 7) is 0. The first kappa shape index (κ1) is 12.9. The van der Waals surface area contributed by atoms with Crippen LogP contribution in [0.15, 0.2) is 36.5 Å². The summed E-state index contributed by atoms with van der Waals surface area (Å²) in [6, 6.07) is 9.04. The van der Waals surface area contributed by atoms with Crippen LogP contribution in [0.25, 0.3) is 0 Å². The first-order valence-corrected chi connectivity index (χ1v) is 7.20. The molecule has 0 saturated carbocycles. The highest BCUT2D eigenvalue weighted by Gasteiger charge is 2.30. The molecule has 0 spiro atoms. The Bertz CT molecular complexity index is 708.